The molecule has 7 heteroatoms. The molecule has 0 aliphatic carbocycles. The number of rotatable bonds is 5. The maximum absolute atomic E-state index is 12.4. The molecule has 27 heavy (non-hydrogen) atoms. The highest BCUT2D eigenvalue weighted by atomic mass is 79.9. The van der Waals surface area contributed by atoms with Crippen LogP contribution in [0.2, 0.25) is 0 Å². The van der Waals surface area contributed by atoms with Crippen molar-refractivity contribution in [1.82, 2.24) is 9.80 Å². The molecule has 1 N–H and O–H groups in total. The van der Waals surface area contributed by atoms with Gasteiger partial charge in [0.1, 0.15) is 6.23 Å². The Labute approximate surface area is 178 Å². The van der Waals surface area contributed by atoms with Crippen LogP contribution in [-0.2, 0) is 6.54 Å². The molecular weight excluding hydrogens is 448 g/mol. The van der Waals surface area contributed by atoms with Crippen LogP contribution < -0.4 is 0 Å². The highest BCUT2D eigenvalue weighted by molar-refractivity contribution is 9.11. The number of thiophene rings is 1. The third-order valence-electron chi connectivity index (χ3n) is 5.47. The number of Topliss-reactive ketones (excluding diaryl/α,β-unsaturated/α-hetero) is 1. The van der Waals surface area contributed by atoms with Gasteiger partial charge in [0, 0.05) is 13.1 Å². The predicted octanol–water partition coefficient (Wildman–Crippen LogP) is 4.33. The number of fused-ring (bicyclic) bond motifs is 1. The fourth-order valence-corrected chi connectivity index (χ4v) is 5.32. The molecule has 4 rings (SSSR count). The minimum Gasteiger partial charge on any atom is -0.374 e. The molecule has 4 nitrogen and oxygen atoms in total. The largest absolute Gasteiger partial charge is 0.374 e. The van der Waals surface area contributed by atoms with E-state index in [0.717, 1.165) is 53.2 Å². The molecule has 1 fully saturated rings. The highest BCUT2D eigenvalue weighted by Crippen LogP contribution is 2.33. The Hall–Kier alpha value is -0.760. The zero-order valence-electron chi connectivity index (χ0n) is 15.0. The summed E-state index contributed by atoms with van der Waals surface area (Å²) in [5.41, 5.74) is 2.29. The fraction of sp³-hybridized carbons (Fsp3) is 0.450. The average molecular weight is 472 g/mol. The second-order valence-electron chi connectivity index (χ2n) is 7.25. The summed E-state index contributed by atoms with van der Waals surface area (Å²) in [5, 5.41) is 10.5. The number of aliphatic hydroxyl groups excluding tert-OH is 1. The number of carbonyl (C=O) groups excluding carboxylic acids is 1. The van der Waals surface area contributed by atoms with Gasteiger partial charge >= 0.3 is 0 Å². The lowest BCUT2D eigenvalue weighted by atomic mass is 9.96. The molecule has 1 saturated heterocycles. The molecule has 1 aromatic heterocycles. The second-order valence-corrected chi connectivity index (χ2v) is 9.71. The number of ketones is 1. The second kappa shape index (κ2) is 9.16. The van der Waals surface area contributed by atoms with E-state index in [0.29, 0.717) is 12.5 Å². The van der Waals surface area contributed by atoms with Gasteiger partial charge in [0.15, 0.2) is 5.78 Å². The molecule has 1 aromatic carbocycles. The average Bonchev–Trinajstić information content (AvgIpc) is 3.21. The molecule has 0 bridgehead atoms. The zero-order chi connectivity index (χ0) is 18.1. The lowest BCUT2D eigenvalue weighted by molar-refractivity contribution is -0.00352. The lowest BCUT2D eigenvalue weighted by Gasteiger charge is -2.34. The van der Waals surface area contributed by atoms with Crippen molar-refractivity contribution in [2.75, 3.05) is 26.2 Å². The Morgan fingerprint density at radius 3 is 2.59 bits per heavy atom. The monoisotopic (exact) mass is 470 g/mol. The summed E-state index contributed by atoms with van der Waals surface area (Å²) in [5.74, 6) is 0.797. The van der Waals surface area contributed by atoms with Gasteiger partial charge in [-0.1, -0.05) is 24.3 Å². The van der Waals surface area contributed by atoms with Gasteiger partial charge in [0.25, 0.3) is 0 Å². The van der Waals surface area contributed by atoms with E-state index in [4.69, 9.17) is 0 Å². The first-order chi connectivity index (χ1) is 12.6. The standard InChI is InChI=1S/C20H23BrN2O2S.ClH/c21-19-6-5-18(26-19)17(24)13-22-9-7-14(8-10-22)11-23-12-15-3-1-2-4-16(15)20(23)25;/h1-6,14,20,25H,7-13H2;1H. The van der Waals surface area contributed by atoms with Crippen molar-refractivity contribution in [2.24, 2.45) is 5.92 Å². The Morgan fingerprint density at radius 1 is 1.19 bits per heavy atom. The highest BCUT2D eigenvalue weighted by Gasteiger charge is 2.31. The van der Waals surface area contributed by atoms with Gasteiger partial charge in [-0.2, -0.15) is 0 Å². The van der Waals surface area contributed by atoms with Gasteiger partial charge in [-0.15, -0.1) is 23.7 Å². The van der Waals surface area contributed by atoms with Crippen LogP contribution in [-0.4, -0.2) is 46.9 Å². The number of halogens is 2. The molecule has 1 atom stereocenters. The summed E-state index contributed by atoms with van der Waals surface area (Å²) >= 11 is 4.92. The molecule has 0 saturated carbocycles. The van der Waals surface area contributed by atoms with Crippen molar-refractivity contribution < 1.29 is 9.90 Å². The molecule has 2 aliphatic heterocycles. The Bertz CT molecular complexity index is 792. The zero-order valence-corrected chi connectivity index (χ0v) is 18.2. The van der Waals surface area contributed by atoms with E-state index in [-0.39, 0.29) is 18.2 Å². The van der Waals surface area contributed by atoms with Crippen LogP contribution in [0.5, 0.6) is 0 Å². The van der Waals surface area contributed by atoms with E-state index >= 15 is 0 Å². The Morgan fingerprint density at radius 2 is 1.93 bits per heavy atom. The molecule has 2 aromatic rings. The maximum atomic E-state index is 12.4. The number of hydrogen-bond acceptors (Lipinski definition) is 5. The molecule has 1 unspecified atom stereocenters. The van der Waals surface area contributed by atoms with E-state index in [1.54, 1.807) is 0 Å². The quantitative estimate of drug-likeness (QED) is 0.659. The van der Waals surface area contributed by atoms with Crippen molar-refractivity contribution in [3.05, 3.63) is 56.2 Å². The molecule has 0 spiro atoms. The Balaban J connectivity index is 0.00000210. The molecular formula is C20H24BrClN2O2S. The van der Waals surface area contributed by atoms with Crippen LogP contribution in [0.15, 0.2) is 40.2 Å². The van der Waals surface area contributed by atoms with Crippen LogP contribution >= 0.6 is 39.7 Å². The van der Waals surface area contributed by atoms with Crippen molar-refractivity contribution in [3.8, 4) is 0 Å². The van der Waals surface area contributed by atoms with E-state index < -0.39 is 6.23 Å². The van der Waals surface area contributed by atoms with Crippen LogP contribution in [0, 0.1) is 5.92 Å². The minimum absolute atomic E-state index is 0. The van der Waals surface area contributed by atoms with Crippen molar-refractivity contribution in [3.63, 3.8) is 0 Å². The first kappa shape index (κ1) is 21.0. The van der Waals surface area contributed by atoms with Crippen LogP contribution in [0.25, 0.3) is 0 Å². The maximum Gasteiger partial charge on any atom is 0.186 e. The number of hydrogen-bond donors (Lipinski definition) is 1. The first-order valence-electron chi connectivity index (χ1n) is 9.11. The van der Waals surface area contributed by atoms with Gasteiger partial charge in [-0.05, 0) is 71.0 Å². The SMILES string of the molecule is Cl.O=C(CN1CCC(CN2Cc3ccccc3C2O)CC1)c1ccc(Br)s1. The minimum atomic E-state index is -0.469. The van der Waals surface area contributed by atoms with Crippen molar-refractivity contribution >= 4 is 45.5 Å². The normalized spacial score (nSPS) is 21.0. The van der Waals surface area contributed by atoms with Gasteiger partial charge in [-0.25, -0.2) is 0 Å². The predicted molar refractivity (Wildman–Crippen MR) is 115 cm³/mol. The van der Waals surface area contributed by atoms with Gasteiger partial charge in [0.05, 0.1) is 15.2 Å². The van der Waals surface area contributed by atoms with Gasteiger partial charge < -0.3 is 5.11 Å². The van der Waals surface area contributed by atoms with Gasteiger partial charge in [-0.3, -0.25) is 14.6 Å². The summed E-state index contributed by atoms with van der Waals surface area (Å²) in [7, 11) is 0. The van der Waals surface area contributed by atoms with Crippen LogP contribution in [0.1, 0.15) is 39.9 Å². The third kappa shape index (κ3) is 4.81. The summed E-state index contributed by atoms with van der Waals surface area (Å²) in [6.45, 7) is 4.19. The molecule has 0 radical (unpaired) electrons. The smallest absolute Gasteiger partial charge is 0.186 e. The van der Waals surface area contributed by atoms with E-state index in [1.165, 1.54) is 16.9 Å². The topological polar surface area (TPSA) is 43.8 Å². The number of benzene rings is 1. The van der Waals surface area contributed by atoms with E-state index in [2.05, 4.69) is 31.8 Å². The van der Waals surface area contributed by atoms with Crippen molar-refractivity contribution in [2.45, 2.75) is 25.6 Å². The van der Waals surface area contributed by atoms with E-state index in [1.807, 2.05) is 30.3 Å². The van der Waals surface area contributed by atoms with Crippen LogP contribution in [0.3, 0.4) is 0 Å². The third-order valence-corrected chi connectivity index (χ3v) is 7.13. The molecule has 146 valence electrons. The van der Waals surface area contributed by atoms with Crippen LogP contribution in [0.4, 0.5) is 0 Å². The fourth-order valence-electron chi connectivity index (χ4n) is 4.00. The van der Waals surface area contributed by atoms with E-state index in [9.17, 15) is 9.90 Å². The number of aliphatic hydroxyl groups is 1. The summed E-state index contributed by atoms with van der Waals surface area (Å²) in [6, 6.07) is 12.0. The molecule has 3 heterocycles. The summed E-state index contributed by atoms with van der Waals surface area (Å²) in [6.07, 6.45) is 1.70. The molecule has 0 amide bonds. The number of piperidine rings is 1. The first-order valence-corrected chi connectivity index (χ1v) is 10.7. The van der Waals surface area contributed by atoms with Gasteiger partial charge in [0.2, 0.25) is 0 Å². The Kier molecular flexibility index (Phi) is 7.11. The number of likely N-dealkylation sites (tertiary alicyclic amines) is 1. The summed E-state index contributed by atoms with van der Waals surface area (Å²) in [4.78, 5) is 17.6. The van der Waals surface area contributed by atoms with Crippen molar-refractivity contribution in [1.29, 1.82) is 0 Å². The summed E-state index contributed by atoms with van der Waals surface area (Å²) < 4.78 is 1.00. The number of nitrogens with zero attached hydrogens (tertiary/aromatic N) is 2. The lowest BCUT2D eigenvalue weighted by Crippen LogP contribution is -2.40. The number of carbonyl (C=O) groups is 1. The molecule has 2 aliphatic rings.